The molecule has 0 bridgehead atoms. The second-order valence-electron chi connectivity index (χ2n) is 5.49. The van der Waals surface area contributed by atoms with Crippen LogP contribution in [0.1, 0.15) is 11.1 Å². The quantitative estimate of drug-likeness (QED) is 0.603. The molecular weight excluding hydrogens is 286 g/mol. The Bertz CT molecular complexity index is 961. The molecule has 0 radical (unpaired) electrons. The summed E-state index contributed by atoms with van der Waals surface area (Å²) in [5.74, 6) is 0.210. The fourth-order valence-corrected chi connectivity index (χ4v) is 2.76. The summed E-state index contributed by atoms with van der Waals surface area (Å²) in [5, 5.41) is 19.5. The van der Waals surface area contributed by atoms with Gasteiger partial charge in [-0.05, 0) is 35.7 Å². The van der Waals surface area contributed by atoms with E-state index in [9.17, 15) is 5.11 Å². The number of hydrogen-bond acceptors (Lipinski definition) is 3. The van der Waals surface area contributed by atoms with E-state index in [4.69, 9.17) is 0 Å². The van der Waals surface area contributed by atoms with Gasteiger partial charge in [0.1, 0.15) is 5.75 Å². The number of aromatic hydroxyl groups is 1. The Labute approximate surface area is 133 Å². The van der Waals surface area contributed by atoms with Gasteiger partial charge >= 0.3 is 0 Å². The van der Waals surface area contributed by atoms with Gasteiger partial charge in [-0.1, -0.05) is 42.5 Å². The van der Waals surface area contributed by atoms with E-state index in [0.29, 0.717) is 11.3 Å². The first-order valence-electron chi connectivity index (χ1n) is 7.47. The number of para-hydroxylation sites is 1. The van der Waals surface area contributed by atoms with Gasteiger partial charge in [0.2, 0.25) is 0 Å². The summed E-state index contributed by atoms with van der Waals surface area (Å²) in [6.45, 7) is 0. The van der Waals surface area contributed by atoms with E-state index in [2.05, 4.69) is 27.3 Å². The first-order chi connectivity index (χ1) is 11.3. The number of phenolic OH excluding ortho intramolecular Hbond substituents is 1. The minimum atomic E-state index is 0.210. The van der Waals surface area contributed by atoms with E-state index in [1.807, 2.05) is 42.6 Å². The molecule has 4 nitrogen and oxygen atoms in total. The van der Waals surface area contributed by atoms with Crippen molar-refractivity contribution in [3.63, 3.8) is 0 Å². The normalized spacial score (nSPS) is 11.0. The number of rotatable bonds is 3. The predicted octanol–water partition coefficient (Wildman–Crippen LogP) is 3.92. The smallest absolute Gasteiger partial charge is 0.160 e. The Balaban J connectivity index is 1.79. The van der Waals surface area contributed by atoms with E-state index in [-0.39, 0.29) is 5.75 Å². The fourth-order valence-electron chi connectivity index (χ4n) is 2.76. The largest absolute Gasteiger partial charge is 0.507 e. The van der Waals surface area contributed by atoms with Crippen LogP contribution in [0.3, 0.4) is 0 Å². The molecule has 4 aromatic rings. The van der Waals surface area contributed by atoms with Crippen LogP contribution >= 0.6 is 0 Å². The highest BCUT2D eigenvalue weighted by Gasteiger charge is 2.11. The molecule has 4 heteroatoms. The summed E-state index contributed by atoms with van der Waals surface area (Å²) in [5.41, 5.74) is 4.53. The highest BCUT2D eigenvalue weighted by atomic mass is 16.3. The van der Waals surface area contributed by atoms with Crippen molar-refractivity contribution < 1.29 is 5.11 Å². The second kappa shape index (κ2) is 5.57. The van der Waals surface area contributed by atoms with E-state index < -0.39 is 0 Å². The lowest BCUT2D eigenvalue weighted by Gasteiger charge is -2.04. The van der Waals surface area contributed by atoms with Crippen LogP contribution in [0.2, 0.25) is 0 Å². The number of fused-ring (bicyclic) bond motifs is 1. The van der Waals surface area contributed by atoms with Gasteiger partial charge in [-0.2, -0.15) is 0 Å². The summed E-state index contributed by atoms with van der Waals surface area (Å²) >= 11 is 0. The average Bonchev–Trinajstić information content (AvgIpc) is 2.98. The molecule has 0 atom stereocenters. The molecule has 23 heavy (non-hydrogen) atoms. The van der Waals surface area contributed by atoms with E-state index in [1.165, 1.54) is 5.56 Å². The number of aromatic amines is 1. The Morgan fingerprint density at radius 3 is 2.52 bits per heavy atom. The van der Waals surface area contributed by atoms with Gasteiger partial charge in [0.05, 0.1) is 5.69 Å². The number of benzene rings is 2. The van der Waals surface area contributed by atoms with Crippen molar-refractivity contribution in [2.24, 2.45) is 0 Å². The third-order valence-electron chi connectivity index (χ3n) is 3.94. The van der Waals surface area contributed by atoms with Crippen molar-refractivity contribution in [2.75, 3.05) is 0 Å². The average molecular weight is 301 g/mol. The van der Waals surface area contributed by atoms with Crippen LogP contribution in [0.15, 0.2) is 66.9 Å². The summed E-state index contributed by atoms with van der Waals surface area (Å²) in [4.78, 5) is 3.17. The SMILES string of the molecule is Oc1ccccc1-c1cc2c(Cc3ccccc3)c[nH]c2nn1. The number of nitrogens with zero attached hydrogens (tertiary/aromatic N) is 2. The Hall–Kier alpha value is -3.14. The summed E-state index contributed by atoms with van der Waals surface area (Å²) < 4.78 is 0. The van der Waals surface area contributed by atoms with E-state index in [1.54, 1.807) is 12.1 Å². The third kappa shape index (κ3) is 2.55. The van der Waals surface area contributed by atoms with Crippen LogP contribution in [0.25, 0.3) is 22.3 Å². The molecule has 2 heterocycles. The maximum atomic E-state index is 10.0. The molecule has 0 aliphatic carbocycles. The Kier molecular flexibility index (Phi) is 3.27. The molecular formula is C19H15N3O. The van der Waals surface area contributed by atoms with Crippen LogP contribution in [-0.2, 0) is 6.42 Å². The maximum Gasteiger partial charge on any atom is 0.160 e. The molecule has 0 unspecified atom stereocenters. The second-order valence-corrected chi connectivity index (χ2v) is 5.49. The van der Waals surface area contributed by atoms with Gasteiger partial charge in [0.25, 0.3) is 0 Å². The van der Waals surface area contributed by atoms with Crippen molar-refractivity contribution in [2.45, 2.75) is 6.42 Å². The lowest BCUT2D eigenvalue weighted by atomic mass is 10.0. The molecule has 112 valence electrons. The molecule has 0 fully saturated rings. The summed E-state index contributed by atoms with van der Waals surface area (Å²) in [7, 11) is 0. The number of nitrogens with one attached hydrogen (secondary N) is 1. The van der Waals surface area contributed by atoms with Crippen molar-refractivity contribution >= 4 is 11.0 Å². The zero-order valence-corrected chi connectivity index (χ0v) is 12.4. The molecule has 0 aliphatic rings. The minimum absolute atomic E-state index is 0.210. The van der Waals surface area contributed by atoms with Crippen molar-refractivity contribution in [3.8, 4) is 17.0 Å². The van der Waals surface area contributed by atoms with Crippen LogP contribution in [0, 0.1) is 0 Å². The van der Waals surface area contributed by atoms with Gasteiger partial charge in [0.15, 0.2) is 5.65 Å². The first-order valence-corrected chi connectivity index (χ1v) is 7.47. The summed E-state index contributed by atoms with van der Waals surface area (Å²) in [6.07, 6.45) is 2.80. The molecule has 4 rings (SSSR count). The molecule has 0 amide bonds. The van der Waals surface area contributed by atoms with E-state index in [0.717, 1.165) is 23.0 Å². The number of phenols is 1. The fraction of sp³-hybridized carbons (Fsp3) is 0.0526. The van der Waals surface area contributed by atoms with Crippen LogP contribution in [-0.4, -0.2) is 20.3 Å². The summed E-state index contributed by atoms with van der Waals surface area (Å²) in [6, 6.07) is 19.5. The molecule has 0 aliphatic heterocycles. The molecule has 0 saturated heterocycles. The van der Waals surface area contributed by atoms with Gasteiger partial charge in [-0.15, -0.1) is 10.2 Å². The monoisotopic (exact) mass is 301 g/mol. The van der Waals surface area contributed by atoms with Gasteiger partial charge in [-0.25, -0.2) is 0 Å². The van der Waals surface area contributed by atoms with Crippen molar-refractivity contribution in [3.05, 3.63) is 78.0 Å². The highest BCUT2D eigenvalue weighted by Crippen LogP contribution is 2.29. The minimum Gasteiger partial charge on any atom is -0.507 e. The van der Waals surface area contributed by atoms with Crippen LogP contribution < -0.4 is 0 Å². The van der Waals surface area contributed by atoms with Crippen LogP contribution in [0.5, 0.6) is 5.75 Å². The lowest BCUT2D eigenvalue weighted by molar-refractivity contribution is 0.477. The first kappa shape index (κ1) is 13.5. The van der Waals surface area contributed by atoms with Gasteiger partial charge < -0.3 is 10.1 Å². The maximum absolute atomic E-state index is 10.0. The zero-order chi connectivity index (χ0) is 15.6. The van der Waals surface area contributed by atoms with Crippen molar-refractivity contribution in [1.82, 2.24) is 15.2 Å². The number of aromatic nitrogens is 3. The lowest BCUT2D eigenvalue weighted by Crippen LogP contribution is -1.91. The standard InChI is InChI=1S/C19H15N3O/c23-18-9-5-4-8-15(18)17-11-16-14(12-20-19(16)22-21-17)10-13-6-2-1-3-7-13/h1-9,11-12,23H,10H2,(H,20,22). The topological polar surface area (TPSA) is 61.8 Å². The molecule has 2 N–H and O–H groups in total. The highest BCUT2D eigenvalue weighted by molar-refractivity contribution is 5.84. The molecule has 0 spiro atoms. The van der Waals surface area contributed by atoms with Gasteiger partial charge in [0, 0.05) is 17.1 Å². The Morgan fingerprint density at radius 1 is 0.913 bits per heavy atom. The molecule has 2 aromatic carbocycles. The number of H-pyrrole nitrogens is 1. The molecule has 0 saturated carbocycles. The van der Waals surface area contributed by atoms with E-state index >= 15 is 0 Å². The Morgan fingerprint density at radius 2 is 1.70 bits per heavy atom. The molecule has 2 aromatic heterocycles. The number of hydrogen-bond donors (Lipinski definition) is 2. The van der Waals surface area contributed by atoms with Crippen LogP contribution in [0.4, 0.5) is 0 Å². The zero-order valence-electron chi connectivity index (χ0n) is 12.4. The predicted molar refractivity (Wildman–Crippen MR) is 90.2 cm³/mol. The third-order valence-corrected chi connectivity index (χ3v) is 3.94. The van der Waals surface area contributed by atoms with Gasteiger partial charge in [-0.3, -0.25) is 0 Å². The van der Waals surface area contributed by atoms with Crippen molar-refractivity contribution in [1.29, 1.82) is 0 Å².